The van der Waals surface area contributed by atoms with Crippen LogP contribution in [0.15, 0.2) is 18.2 Å². The van der Waals surface area contributed by atoms with E-state index >= 15 is 0 Å². The number of nitrogens with one attached hydrogen (secondary N) is 1. The maximum atomic E-state index is 13.9. The third-order valence-electron chi connectivity index (χ3n) is 4.23. The molecule has 0 bridgehead atoms. The second-order valence-electron chi connectivity index (χ2n) is 6.56. The molecule has 2 atom stereocenters. The van der Waals surface area contributed by atoms with Gasteiger partial charge in [0, 0.05) is 30.7 Å². The van der Waals surface area contributed by atoms with Crippen LogP contribution in [-0.2, 0) is 6.54 Å². The molecule has 4 heteroatoms. The lowest BCUT2D eigenvalue weighted by Crippen LogP contribution is -2.40. The Hall–Kier alpha value is -1.00. The molecule has 0 amide bonds. The van der Waals surface area contributed by atoms with Crippen LogP contribution in [0, 0.1) is 17.6 Å². The molecule has 1 aliphatic rings. The van der Waals surface area contributed by atoms with E-state index in [9.17, 15) is 8.78 Å². The van der Waals surface area contributed by atoms with Gasteiger partial charge < -0.3 is 5.32 Å². The van der Waals surface area contributed by atoms with Crippen LogP contribution in [0.1, 0.15) is 39.2 Å². The summed E-state index contributed by atoms with van der Waals surface area (Å²) in [6.07, 6.45) is 2.14. The highest BCUT2D eigenvalue weighted by molar-refractivity contribution is 5.19. The van der Waals surface area contributed by atoms with Gasteiger partial charge in [0.1, 0.15) is 0 Å². The lowest BCUT2D eigenvalue weighted by Gasteiger charge is -2.29. The molecule has 1 N–H and O–H groups in total. The van der Waals surface area contributed by atoms with Crippen LogP contribution in [0.25, 0.3) is 0 Å². The fraction of sp³-hybridized carbons (Fsp3) is 0.647. The number of nitrogens with zero attached hydrogens (tertiary/aromatic N) is 1. The highest BCUT2D eigenvalue weighted by Crippen LogP contribution is 2.19. The highest BCUT2D eigenvalue weighted by atomic mass is 19.2. The molecule has 1 aromatic carbocycles. The first kappa shape index (κ1) is 16.4. The lowest BCUT2D eigenvalue weighted by molar-refractivity contribution is 0.187. The summed E-state index contributed by atoms with van der Waals surface area (Å²) in [6, 6.07) is 5.23. The van der Waals surface area contributed by atoms with Gasteiger partial charge in [-0.1, -0.05) is 26.0 Å². The molecule has 1 fully saturated rings. The van der Waals surface area contributed by atoms with Crippen molar-refractivity contribution in [3.8, 4) is 0 Å². The minimum atomic E-state index is -0.758. The SMILES string of the molecule is CC(C)CC1CN(Cc2cccc(F)c2F)C(C)CCN1. The number of hydrogen-bond acceptors (Lipinski definition) is 2. The molecule has 1 aromatic rings. The number of rotatable bonds is 4. The number of hydrogen-bond donors (Lipinski definition) is 1. The van der Waals surface area contributed by atoms with E-state index in [2.05, 4.69) is 31.0 Å². The Morgan fingerprint density at radius 3 is 2.81 bits per heavy atom. The van der Waals surface area contributed by atoms with Crippen molar-refractivity contribution < 1.29 is 8.78 Å². The Bertz CT molecular complexity index is 462. The fourth-order valence-corrected chi connectivity index (χ4v) is 3.04. The summed E-state index contributed by atoms with van der Waals surface area (Å²) in [4.78, 5) is 2.27. The van der Waals surface area contributed by atoms with Gasteiger partial charge in [-0.3, -0.25) is 4.90 Å². The summed E-state index contributed by atoms with van der Waals surface area (Å²) in [5, 5.41) is 3.58. The molecular weight excluding hydrogens is 270 g/mol. The maximum absolute atomic E-state index is 13.9. The Morgan fingerprint density at radius 2 is 2.10 bits per heavy atom. The number of benzene rings is 1. The molecule has 0 aromatic heterocycles. The molecule has 118 valence electrons. The van der Waals surface area contributed by atoms with Gasteiger partial charge in [-0.25, -0.2) is 8.78 Å². The molecule has 1 aliphatic heterocycles. The van der Waals surface area contributed by atoms with Gasteiger partial charge in [0.25, 0.3) is 0 Å². The largest absolute Gasteiger partial charge is 0.313 e. The van der Waals surface area contributed by atoms with Gasteiger partial charge in [-0.2, -0.15) is 0 Å². The molecular formula is C17H26F2N2. The summed E-state index contributed by atoms with van der Waals surface area (Å²) >= 11 is 0. The van der Waals surface area contributed by atoms with Crippen molar-refractivity contribution in [3.05, 3.63) is 35.4 Å². The van der Waals surface area contributed by atoms with Crippen LogP contribution >= 0.6 is 0 Å². The molecule has 1 saturated heterocycles. The predicted molar refractivity (Wildman–Crippen MR) is 82.1 cm³/mol. The van der Waals surface area contributed by atoms with Crippen molar-refractivity contribution in [2.75, 3.05) is 13.1 Å². The van der Waals surface area contributed by atoms with E-state index in [1.165, 1.54) is 6.07 Å². The topological polar surface area (TPSA) is 15.3 Å². The van der Waals surface area contributed by atoms with Crippen molar-refractivity contribution >= 4 is 0 Å². The monoisotopic (exact) mass is 296 g/mol. The lowest BCUT2D eigenvalue weighted by atomic mass is 10.0. The summed E-state index contributed by atoms with van der Waals surface area (Å²) in [7, 11) is 0. The Morgan fingerprint density at radius 1 is 1.33 bits per heavy atom. The van der Waals surface area contributed by atoms with Gasteiger partial charge in [-0.15, -0.1) is 0 Å². The summed E-state index contributed by atoms with van der Waals surface area (Å²) in [5.74, 6) is -0.835. The van der Waals surface area contributed by atoms with Gasteiger partial charge in [-0.05, 0) is 38.3 Å². The zero-order valence-corrected chi connectivity index (χ0v) is 13.2. The minimum absolute atomic E-state index is 0.373. The Labute approximate surface area is 126 Å². The Balaban J connectivity index is 2.09. The van der Waals surface area contributed by atoms with E-state index in [0.717, 1.165) is 25.9 Å². The maximum Gasteiger partial charge on any atom is 0.163 e. The Kier molecular flexibility index (Phi) is 5.71. The van der Waals surface area contributed by atoms with Gasteiger partial charge in [0.2, 0.25) is 0 Å². The van der Waals surface area contributed by atoms with Gasteiger partial charge in [0.15, 0.2) is 11.6 Å². The minimum Gasteiger partial charge on any atom is -0.313 e. The smallest absolute Gasteiger partial charge is 0.163 e. The van der Waals surface area contributed by atoms with Crippen molar-refractivity contribution in [2.45, 2.75) is 52.2 Å². The van der Waals surface area contributed by atoms with Crippen molar-refractivity contribution in [1.82, 2.24) is 10.2 Å². The molecule has 21 heavy (non-hydrogen) atoms. The van der Waals surface area contributed by atoms with E-state index in [0.29, 0.717) is 30.1 Å². The van der Waals surface area contributed by atoms with Gasteiger partial charge in [0.05, 0.1) is 0 Å². The van der Waals surface area contributed by atoms with Crippen LogP contribution in [0.4, 0.5) is 8.78 Å². The molecule has 2 unspecified atom stereocenters. The summed E-state index contributed by atoms with van der Waals surface area (Å²) in [5.41, 5.74) is 0.451. The first-order valence-electron chi connectivity index (χ1n) is 7.87. The summed E-state index contributed by atoms with van der Waals surface area (Å²) < 4.78 is 27.2. The van der Waals surface area contributed by atoms with Crippen molar-refractivity contribution in [1.29, 1.82) is 0 Å². The standard InChI is InChI=1S/C17H26F2N2/c1-12(2)9-15-11-21(13(3)7-8-20-15)10-14-5-4-6-16(18)17(14)19/h4-6,12-13,15,20H,7-11H2,1-3H3. The van der Waals surface area contributed by atoms with Crippen LogP contribution in [-0.4, -0.2) is 30.1 Å². The van der Waals surface area contributed by atoms with Crippen molar-refractivity contribution in [2.24, 2.45) is 5.92 Å². The first-order chi connectivity index (χ1) is 9.97. The molecule has 0 spiro atoms. The molecule has 0 aliphatic carbocycles. The van der Waals surface area contributed by atoms with Crippen LogP contribution in [0.2, 0.25) is 0 Å². The molecule has 0 radical (unpaired) electrons. The van der Waals surface area contributed by atoms with E-state index in [1.54, 1.807) is 12.1 Å². The zero-order chi connectivity index (χ0) is 15.4. The van der Waals surface area contributed by atoms with E-state index in [-0.39, 0.29) is 0 Å². The molecule has 2 nitrogen and oxygen atoms in total. The average Bonchev–Trinajstić information content (AvgIpc) is 2.57. The van der Waals surface area contributed by atoms with E-state index in [4.69, 9.17) is 0 Å². The second-order valence-corrected chi connectivity index (χ2v) is 6.56. The highest BCUT2D eigenvalue weighted by Gasteiger charge is 2.24. The van der Waals surface area contributed by atoms with Gasteiger partial charge >= 0.3 is 0 Å². The fourth-order valence-electron chi connectivity index (χ4n) is 3.04. The summed E-state index contributed by atoms with van der Waals surface area (Å²) in [6.45, 7) is 8.94. The number of halogens is 2. The van der Waals surface area contributed by atoms with Crippen molar-refractivity contribution in [3.63, 3.8) is 0 Å². The third kappa shape index (κ3) is 4.48. The zero-order valence-electron chi connectivity index (χ0n) is 13.2. The molecule has 2 rings (SSSR count). The normalized spacial score (nSPS) is 24.3. The van der Waals surface area contributed by atoms with Crippen LogP contribution < -0.4 is 5.32 Å². The average molecular weight is 296 g/mol. The third-order valence-corrected chi connectivity index (χ3v) is 4.23. The second kappa shape index (κ2) is 7.32. The van der Waals surface area contributed by atoms with E-state index < -0.39 is 11.6 Å². The molecule has 0 saturated carbocycles. The quantitative estimate of drug-likeness (QED) is 0.914. The van der Waals surface area contributed by atoms with E-state index in [1.807, 2.05) is 0 Å². The first-order valence-corrected chi connectivity index (χ1v) is 7.87. The predicted octanol–water partition coefficient (Wildman–Crippen LogP) is 3.56. The molecule has 1 heterocycles. The van der Waals surface area contributed by atoms with Crippen LogP contribution in [0.5, 0.6) is 0 Å². The van der Waals surface area contributed by atoms with Crippen LogP contribution in [0.3, 0.4) is 0 Å².